The van der Waals surface area contributed by atoms with Crippen molar-refractivity contribution in [2.45, 2.75) is 26.4 Å². The molecule has 1 aliphatic rings. The average Bonchev–Trinajstić information content (AvgIpc) is 3.44. The normalized spacial score (nSPS) is 15.2. The van der Waals surface area contributed by atoms with Gasteiger partial charge in [-0.1, -0.05) is 24.3 Å². The Morgan fingerprint density at radius 2 is 1.73 bits per heavy atom. The molecule has 0 aliphatic carbocycles. The standard InChI is InChI=1S/C29H36N4O4/c1-4-32(5-2)28(34)24-11-9-23(10-12-24)27(25-7-6-8-26(19-25)30-29(35)36-3)33-16-14-31(15-17-33)20-22-13-18-37-21-22/h6-13,18-19,21,27H,4-5,14-17,20H2,1-3H3,(H,30,35). The predicted octanol–water partition coefficient (Wildman–Crippen LogP) is 4.85. The van der Waals surface area contributed by atoms with Gasteiger partial charge >= 0.3 is 6.09 Å². The van der Waals surface area contributed by atoms with E-state index in [0.717, 1.165) is 43.9 Å². The summed E-state index contributed by atoms with van der Waals surface area (Å²) in [5.74, 6) is 0.0465. The number of hydrogen-bond donors (Lipinski definition) is 1. The Bertz CT molecular complexity index is 1150. The number of benzene rings is 2. The fourth-order valence-electron chi connectivity index (χ4n) is 4.89. The highest BCUT2D eigenvalue weighted by molar-refractivity contribution is 5.94. The van der Waals surface area contributed by atoms with Gasteiger partial charge in [-0.2, -0.15) is 0 Å². The molecule has 1 unspecified atom stereocenters. The number of anilines is 1. The predicted molar refractivity (Wildman–Crippen MR) is 144 cm³/mol. The van der Waals surface area contributed by atoms with Crippen LogP contribution in [-0.2, 0) is 11.3 Å². The van der Waals surface area contributed by atoms with Gasteiger partial charge in [0.15, 0.2) is 0 Å². The van der Waals surface area contributed by atoms with Gasteiger partial charge in [-0.3, -0.25) is 19.9 Å². The Labute approximate surface area is 218 Å². The van der Waals surface area contributed by atoms with E-state index in [1.807, 2.05) is 55.1 Å². The van der Waals surface area contributed by atoms with Gasteiger partial charge in [0, 0.05) is 62.6 Å². The van der Waals surface area contributed by atoms with E-state index in [4.69, 9.17) is 9.15 Å². The number of carbonyl (C=O) groups is 2. The molecule has 0 radical (unpaired) electrons. The molecule has 1 fully saturated rings. The average molecular weight is 505 g/mol. The molecule has 1 saturated heterocycles. The van der Waals surface area contributed by atoms with Crippen molar-refractivity contribution in [3.8, 4) is 0 Å². The number of amides is 2. The van der Waals surface area contributed by atoms with E-state index < -0.39 is 6.09 Å². The van der Waals surface area contributed by atoms with E-state index >= 15 is 0 Å². The third-order valence-electron chi connectivity index (χ3n) is 6.92. The summed E-state index contributed by atoms with van der Waals surface area (Å²) in [6.07, 6.45) is 3.02. The summed E-state index contributed by atoms with van der Waals surface area (Å²) in [7, 11) is 1.35. The molecule has 37 heavy (non-hydrogen) atoms. The van der Waals surface area contributed by atoms with E-state index in [9.17, 15) is 9.59 Å². The number of methoxy groups -OCH3 is 1. The molecule has 1 atom stereocenters. The summed E-state index contributed by atoms with van der Waals surface area (Å²) in [4.78, 5) is 31.4. The molecule has 1 aliphatic heterocycles. The number of hydrogen-bond acceptors (Lipinski definition) is 6. The highest BCUT2D eigenvalue weighted by Gasteiger charge is 2.27. The van der Waals surface area contributed by atoms with Crippen molar-refractivity contribution in [1.82, 2.24) is 14.7 Å². The molecular formula is C29H36N4O4. The zero-order valence-electron chi connectivity index (χ0n) is 21.9. The van der Waals surface area contributed by atoms with Crippen molar-refractivity contribution in [3.05, 3.63) is 89.4 Å². The Morgan fingerprint density at radius 3 is 2.35 bits per heavy atom. The SMILES string of the molecule is CCN(CC)C(=O)c1ccc(C(c2cccc(NC(=O)OC)c2)N2CCN(Cc3ccoc3)CC2)cc1. The van der Waals surface area contributed by atoms with Gasteiger partial charge in [0.1, 0.15) is 0 Å². The Hall–Kier alpha value is -3.62. The minimum atomic E-state index is -0.499. The number of nitrogens with zero attached hydrogens (tertiary/aromatic N) is 3. The van der Waals surface area contributed by atoms with E-state index in [2.05, 4.69) is 33.3 Å². The van der Waals surface area contributed by atoms with Gasteiger partial charge in [-0.15, -0.1) is 0 Å². The molecule has 0 saturated carbocycles. The highest BCUT2D eigenvalue weighted by Crippen LogP contribution is 2.32. The first-order chi connectivity index (χ1) is 18.0. The zero-order valence-corrected chi connectivity index (χ0v) is 21.9. The molecule has 2 aromatic carbocycles. The molecular weight excluding hydrogens is 468 g/mol. The third kappa shape index (κ3) is 6.58. The van der Waals surface area contributed by atoms with Crippen molar-refractivity contribution < 1.29 is 18.7 Å². The molecule has 0 spiro atoms. The van der Waals surface area contributed by atoms with E-state index in [-0.39, 0.29) is 11.9 Å². The van der Waals surface area contributed by atoms with Crippen molar-refractivity contribution in [1.29, 1.82) is 0 Å². The largest absolute Gasteiger partial charge is 0.472 e. The quantitative estimate of drug-likeness (QED) is 0.449. The van der Waals surface area contributed by atoms with Crippen LogP contribution in [-0.4, -0.2) is 73.1 Å². The maximum atomic E-state index is 12.9. The Balaban J connectivity index is 1.58. The topological polar surface area (TPSA) is 78.3 Å². The van der Waals surface area contributed by atoms with Crippen LogP contribution in [0.3, 0.4) is 0 Å². The van der Waals surface area contributed by atoms with Crippen LogP contribution in [0.4, 0.5) is 10.5 Å². The van der Waals surface area contributed by atoms with E-state index in [1.54, 1.807) is 12.5 Å². The van der Waals surface area contributed by atoms with E-state index in [1.165, 1.54) is 12.7 Å². The maximum absolute atomic E-state index is 12.9. The molecule has 2 amide bonds. The second kappa shape index (κ2) is 12.6. The maximum Gasteiger partial charge on any atom is 0.411 e. The second-order valence-corrected chi connectivity index (χ2v) is 9.19. The molecule has 196 valence electrons. The molecule has 1 N–H and O–H groups in total. The summed E-state index contributed by atoms with van der Waals surface area (Å²) < 4.78 is 10.0. The summed E-state index contributed by atoms with van der Waals surface area (Å²) in [6.45, 7) is 9.86. The molecule has 1 aromatic heterocycles. The van der Waals surface area contributed by atoms with Crippen molar-refractivity contribution in [2.24, 2.45) is 0 Å². The molecule has 8 nitrogen and oxygen atoms in total. The number of piperazine rings is 1. The van der Waals surface area contributed by atoms with Crippen molar-refractivity contribution in [3.63, 3.8) is 0 Å². The summed E-state index contributed by atoms with van der Waals surface area (Å²) >= 11 is 0. The highest BCUT2D eigenvalue weighted by atomic mass is 16.5. The Kier molecular flexibility index (Phi) is 8.98. The molecule has 0 bridgehead atoms. The lowest BCUT2D eigenvalue weighted by Gasteiger charge is -2.40. The number of nitrogens with one attached hydrogen (secondary N) is 1. The lowest BCUT2D eigenvalue weighted by atomic mass is 9.94. The fourth-order valence-corrected chi connectivity index (χ4v) is 4.89. The first-order valence-electron chi connectivity index (χ1n) is 12.8. The van der Waals surface area contributed by atoms with Gasteiger partial charge in [0.05, 0.1) is 25.7 Å². The second-order valence-electron chi connectivity index (χ2n) is 9.19. The number of furan rings is 1. The van der Waals surface area contributed by atoms with Crippen molar-refractivity contribution >= 4 is 17.7 Å². The molecule has 8 heteroatoms. The minimum absolute atomic E-state index is 0.0203. The van der Waals surface area contributed by atoms with Crippen LogP contribution in [0.1, 0.15) is 46.9 Å². The first kappa shape index (κ1) is 26.4. The van der Waals surface area contributed by atoms with E-state index in [0.29, 0.717) is 24.3 Å². The monoisotopic (exact) mass is 504 g/mol. The van der Waals surface area contributed by atoms with Gasteiger partial charge in [-0.25, -0.2) is 4.79 Å². The van der Waals surface area contributed by atoms with Crippen molar-refractivity contribution in [2.75, 3.05) is 51.7 Å². The third-order valence-corrected chi connectivity index (χ3v) is 6.92. The first-order valence-corrected chi connectivity index (χ1v) is 12.8. The van der Waals surface area contributed by atoms with Crippen LogP contribution in [0.25, 0.3) is 0 Å². The Morgan fingerprint density at radius 1 is 1.00 bits per heavy atom. The lowest BCUT2D eigenvalue weighted by molar-refractivity contribution is 0.0772. The molecule has 3 aromatic rings. The van der Waals surface area contributed by atoms with Gasteiger partial charge < -0.3 is 14.1 Å². The van der Waals surface area contributed by atoms with Gasteiger partial charge in [0.2, 0.25) is 0 Å². The number of ether oxygens (including phenoxy) is 1. The summed E-state index contributed by atoms with van der Waals surface area (Å²) in [5.41, 5.74) is 4.73. The zero-order chi connectivity index (χ0) is 26.2. The minimum Gasteiger partial charge on any atom is -0.472 e. The van der Waals surface area contributed by atoms with Crippen LogP contribution in [0.5, 0.6) is 0 Å². The van der Waals surface area contributed by atoms with Gasteiger partial charge in [0.25, 0.3) is 5.91 Å². The van der Waals surface area contributed by atoms with Crippen LogP contribution < -0.4 is 5.32 Å². The fraction of sp³-hybridized carbons (Fsp3) is 0.379. The molecule has 4 rings (SSSR count). The number of carbonyl (C=O) groups excluding carboxylic acids is 2. The van der Waals surface area contributed by atoms with Crippen LogP contribution in [0.2, 0.25) is 0 Å². The van der Waals surface area contributed by atoms with Crippen LogP contribution in [0, 0.1) is 0 Å². The smallest absolute Gasteiger partial charge is 0.411 e. The van der Waals surface area contributed by atoms with Crippen LogP contribution in [0.15, 0.2) is 71.5 Å². The summed E-state index contributed by atoms with van der Waals surface area (Å²) in [5, 5.41) is 2.78. The van der Waals surface area contributed by atoms with Gasteiger partial charge in [-0.05, 0) is 55.3 Å². The summed E-state index contributed by atoms with van der Waals surface area (Å²) in [6, 6.07) is 17.8. The molecule has 2 heterocycles. The van der Waals surface area contributed by atoms with Crippen LogP contribution >= 0.6 is 0 Å². The lowest BCUT2D eigenvalue weighted by Crippen LogP contribution is -2.47. The number of rotatable bonds is 9.